The summed E-state index contributed by atoms with van der Waals surface area (Å²) in [6, 6.07) is 0.899. The average Bonchev–Trinajstić information content (AvgIpc) is 2.15. The van der Waals surface area contributed by atoms with Crippen LogP contribution < -0.4 is 11.1 Å². The van der Waals surface area contributed by atoms with Crippen molar-refractivity contribution in [3.63, 3.8) is 0 Å². The van der Waals surface area contributed by atoms with E-state index in [1.165, 1.54) is 12.3 Å². The molecule has 16 heavy (non-hydrogen) atoms. The monoisotopic (exact) mass is 242 g/mol. The van der Waals surface area contributed by atoms with Gasteiger partial charge in [0.25, 0.3) is 0 Å². The second kappa shape index (κ2) is 4.76. The second-order valence-electron chi connectivity index (χ2n) is 4.54. The minimum Gasteiger partial charge on any atom is -0.319 e. The quantitative estimate of drug-likeness (QED) is 0.769. The topological polar surface area (TPSA) is 80.9 Å². The summed E-state index contributed by atoms with van der Waals surface area (Å²) >= 11 is 5.66. The molecular weight excluding hydrogens is 228 g/mol. The predicted octanol–water partition coefficient (Wildman–Crippen LogP) is 1.44. The van der Waals surface area contributed by atoms with Crippen molar-refractivity contribution in [1.82, 2.24) is 9.97 Å². The molecule has 0 aliphatic rings. The smallest absolute Gasteiger partial charge is 0.244 e. The van der Waals surface area contributed by atoms with Gasteiger partial charge in [-0.05, 0) is 11.5 Å². The van der Waals surface area contributed by atoms with E-state index < -0.39 is 6.04 Å². The van der Waals surface area contributed by atoms with Gasteiger partial charge in [0, 0.05) is 6.20 Å². The average molecular weight is 243 g/mol. The van der Waals surface area contributed by atoms with Gasteiger partial charge in [0.1, 0.15) is 5.15 Å². The van der Waals surface area contributed by atoms with E-state index in [1.807, 2.05) is 20.8 Å². The lowest BCUT2D eigenvalue weighted by Gasteiger charge is -2.25. The van der Waals surface area contributed by atoms with E-state index in [0.717, 1.165) is 0 Å². The van der Waals surface area contributed by atoms with Gasteiger partial charge in [-0.15, -0.1) is 0 Å². The lowest BCUT2D eigenvalue weighted by Crippen LogP contribution is -2.45. The summed E-state index contributed by atoms with van der Waals surface area (Å²) in [5.74, 6) is -0.160. The van der Waals surface area contributed by atoms with Crippen LogP contribution in [0.2, 0.25) is 5.15 Å². The van der Waals surface area contributed by atoms with E-state index in [1.54, 1.807) is 0 Å². The SMILES string of the molecule is CC(C)(C)[C@@H](N)C(=O)Nc1nccc(Cl)n1. The molecule has 0 bridgehead atoms. The number of nitrogens with one attached hydrogen (secondary N) is 1. The van der Waals surface area contributed by atoms with Gasteiger partial charge in [0.2, 0.25) is 11.9 Å². The van der Waals surface area contributed by atoms with Crippen molar-refractivity contribution < 1.29 is 4.79 Å². The van der Waals surface area contributed by atoms with Crippen molar-refractivity contribution in [3.05, 3.63) is 17.4 Å². The first-order valence-corrected chi connectivity index (χ1v) is 5.23. The summed E-state index contributed by atoms with van der Waals surface area (Å²) in [5, 5.41) is 2.79. The standard InChI is InChI=1S/C10H15ClN4O/c1-10(2,3)7(12)8(16)15-9-13-5-4-6(11)14-9/h4-5,7H,12H2,1-3H3,(H,13,14,15,16)/t7-/m0/s1. The van der Waals surface area contributed by atoms with E-state index in [2.05, 4.69) is 15.3 Å². The van der Waals surface area contributed by atoms with Crippen LogP contribution in [0.25, 0.3) is 0 Å². The Bertz CT molecular complexity index is 389. The van der Waals surface area contributed by atoms with Gasteiger partial charge in [-0.1, -0.05) is 32.4 Å². The minimum absolute atomic E-state index is 0.164. The van der Waals surface area contributed by atoms with Crippen molar-refractivity contribution in [1.29, 1.82) is 0 Å². The number of hydrogen-bond acceptors (Lipinski definition) is 4. The molecule has 3 N–H and O–H groups in total. The van der Waals surface area contributed by atoms with Crippen LogP contribution in [-0.4, -0.2) is 21.9 Å². The second-order valence-corrected chi connectivity index (χ2v) is 4.92. The molecule has 88 valence electrons. The molecule has 1 rings (SSSR count). The van der Waals surface area contributed by atoms with E-state index in [4.69, 9.17) is 17.3 Å². The molecule has 1 heterocycles. The number of nitrogens with two attached hydrogens (primary N) is 1. The molecule has 1 aromatic heterocycles. The number of aromatic nitrogens is 2. The highest BCUT2D eigenvalue weighted by Gasteiger charge is 2.27. The molecule has 0 aliphatic carbocycles. The molecule has 1 amide bonds. The number of nitrogens with zero attached hydrogens (tertiary/aromatic N) is 2. The molecule has 0 saturated heterocycles. The normalized spacial score (nSPS) is 13.3. The molecule has 6 heteroatoms. The zero-order valence-corrected chi connectivity index (χ0v) is 10.2. The number of carbonyl (C=O) groups excluding carboxylic acids is 1. The van der Waals surface area contributed by atoms with Gasteiger partial charge >= 0.3 is 0 Å². The first-order chi connectivity index (χ1) is 7.30. The molecular formula is C10H15ClN4O. The molecule has 0 saturated carbocycles. The zero-order valence-electron chi connectivity index (χ0n) is 9.49. The van der Waals surface area contributed by atoms with Crippen LogP contribution in [0.3, 0.4) is 0 Å². The summed E-state index contributed by atoms with van der Waals surface area (Å²) < 4.78 is 0. The largest absolute Gasteiger partial charge is 0.319 e. The Balaban J connectivity index is 2.72. The summed E-state index contributed by atoms with van der Waals surface area (Å²) in [5.41, 5.74) is 5.46. The number of hydrogen-bond donors (Lipinski definition) is 2. The first-order valence-electron chi connectivity index (χ1n) is 4.85. The van der Waals surface area contributed by atoms with Crippen LogP contribution in [0.15, 0.2) is 12.3 Å². The maximum atomic E-state index is 11.7. The number of amides is 1. The number of halogens is 1. The number of rotatable bonds is 2. The van der Waals surface area contributed by atoms with Gasteiger partial charge in [-0.2, -0.15) is 0 Å². The van der Waals surface area contributed by atoms with E-state index in [-0.39, 0.29) is 22.4 Å². The molecule has 0 spiro atoms. The Kier molecular flexibility index (Phi) is 3.83. The van der Waals surface area contributed by atoms with Crippen molar-refractivity contribution in [2.45, 2.75) is 26.8 Å². The van der Waals surface area contributed by atoms with E-state index in [0.29, 0.717) is 0 Å². The Morgan fingerprint density at radius 3 is 2.69 bits per heavy atom. The number of anilines is 1. The van der Waals surface area contributed by atoms with Crippen molar-refractivity contribution in [2.24, 2.45) is 11.1 Å². The molecule has 1 atom stereocenters. The molecule has 5 nitrogen and oxygen atoms in total. The zero-order chi connectivity index (χ0) is 12.3. The highest BCUT2D eigenvalue weighted by molar-refractivity contribution is 6.29. The Hall–Kier alpha value is -1.20. The third-order valence-electron chi connectivity index (χ3n) is 2.07. The predicted molar refractivity (Wildman–Crippen MR) is 63.1 cm³/mol. The Labute approximate surface area is 99.4 Å². The fourth-order valence-corrected chi connectivity index (χ4v) is 1.11. The van der Waals surface area contributed by atoms with Crippen LogP contribution in [-0.2, 0) is 4.79 Å². The van der Waals surface area contributed by atoms with Crippen LogP contribution in [0.1, 0.15) is 20.8 Å². The molecule has 0 aliphatic heterocycles. The molecule has 0 aromatic carbocycles. The summed E-state index contributed by atoms with van der Waals surface area (Å²) in [6.07, 6.45) is 1.47. The number of carbonyl (C=O) groups is 1. The maximum absolute atomic E-state index is 11.7. The van der Waals surface area contributed by atoms with Gasteiger partial charge in [-0.25, -0.2) is 9.97 Å². The Morgan fingerprint density at radius 2 is 2.19 bits per heavy atom. The fourth-order valence-electron chi connectivity index (χ4n) is 0.978. The molecule has 0 radical (unpaired) electrons. The van der Waals surface area contributed by atoms with Crippen LogP contribution in [0.5, 0.6) is 0 Å². The highest BCUT2D eigenvalue weighted by Crippen LogP contribution is 2.18. The van der Waals surface area contributed by atoms with Gasteiger partial charge < -0.3 is 5.73 Å². The molecule has 0 fully saturated rings. The summed E-state index contributed by atoms with van der Waals surface area (Å²) in [4.78, 5) is 19.4. The Morgan fingerprint density at radius 1 is 1.56 bits per heavy atom. The van der Waals surface area contributed by atoms with Gasteiger partial charge in [0.15, 0.2) is 0 Å². The van der Waals surface area contributed by atoms with Crippen LogP contribution in [0.4, 0.5) is 5.95 Å². The fraction of sp³-hybridized carbons (Fsp3) is 0.500. The van der Waals surface area contributed by atoms with Crippen LogP contribution >= 0.6 is 11.6 Å². The van der Waals surface area contributed by atoms with Crippen molar-refractivity contribution in [3.8, 4) is 0 Å². The van der Waals surface area contributed by atoms with Crippen LogP contribution in [0, 0.1) is 5.41 Å². The minimum atomic E-state index is -0.630. The van der Waals surface area contributed by atoms with Gasteiger partial charge in [0.05, 0.1) is 6.04 Å². The third kappa shape index (κ3) is 3.43. The summed E-state index contributed by atoms with van der Waals surface area (Å²) in [7, 11) is 0. The van der Waals surface area contributed by atoms with E-state index in [9.17, 15) is 4.79 Å². The lowest BCUT2D eigenvalue weighted by atomic mass is 9.87. The van der Waals surface area contributed by atoms with Gasteiger partial charge in [-0.3, -0.25) is 10.1 Å². The molecule has 1 aromatic rings. The maximum Gasteiger partial charge on any atom is 0.244 e. The van der Waals surface area contributed by atoms with Crippen molar-refractivity contribution >= 4 is 23.5 Å². The lowest BCUT2D eigenvalue weighted by molar-refractivity contribution is -0.119. The van der Waals surface area contributed by atoms with Crippen molar-refractivity contribution in [2.75, 3.05) is 5.32 Å². The van der Waals surface area contributed by atoms with E-state index >= 15 is 0 Å². The molecule has 0 unspecified atom stereocenters. The third-order valence-corrected chi connectivity index (χ3v) is 2.28. The first kappa shape index (κ1) is 12.9. The summed E-state index contributed by atoms with van der Waals surface area (Å²) in [6.45, 7) is 5.65. The highest BCUT2D eigenvalue weighted by atomic mass is 35.5.